The largest absolute Gasteiger partial charge is 0.370 e. The molecule has 0 N–H and O–H groups in total. The third-order valence-corrected chi connectivity index (χ3v) is 4.77. The average Bonchev–Trinajstić information content (AvgIpc) is 3.33. The topological polar surface area (TPSA) is 25.1 Å². The fraction of sp³-hybridized carbons (Fsp3) is 1.00. The first-order valence-electron chi connectivity index (χ1n) is 9.16. The summed E-state index contributed by atoms with van der Waals surface area (Å²) in [6.07, 6.45) is 18.4. The highest BCUT2D eigenvalue weighted by atomic mass is 16.6. The molecular formula is C18H34O2. The molecule has 2 nitrogen and oxygen atoms in total. The van der Waals surface area contributed by atoms with Crippen molar-refractivity contribution in [2.24, 2.45) is 0 Å². The standard InChI is InChI=1S/C18H34O2/c1-3-5-8-12-17-18(20-17)14-10-7-6-9-13-16-15(19-16)11-4-2/h15-18H,3-14H2,1-2H3. The van der Waals surface area contributed by atoms with E-state index in [9.17, 15) is 0 Å². The second-order valence-electron chi connectivity index (χ2n) is 6.70. The fourth-order valence-electron chi connectivity index (χ4n) is 3.30. The Hall–Kier alpha value is -0.0800. The van der Waals surface area contributed by atoms with Crippen LogP contribution in [0.25, 0.3) is 0 Å². The van der Waals surface area contributed by atoms with Crippen molar-refractivity contribution in [2.45, 2.75) is 115 Å². The van der Waals surface area contributed by atoms with E-state index in [4.69, 9.17) is 9.47 Å². The molecule has 2 rings (SSSR count). The van der Waals surface area contributed by atoms with E-state index in [0.717, 1.165) is 0 Å². The van der Waals surface area contributed by atoms with Gasteiger partial charge in [0.2, 0.25) is 0 Å². The Labute approximate surface area is 125 Å². The van der Waals surface area contributed by atoms with E-state index in [1.165, 1.54) is 77.0 Å². The Morgan fingerprint density at radius 1 is 0.500 bits per heavy atom. The highest BCUT2D eigenvalue weighted by Crippen LogP contribution is 2.33. The maximum absolute atomic E-state index is 5.74. The zero-order chi connectivity index (χ0) is 14.2. The molecule has 2 aliphatic heterocycles. The molecular weight excluding hydrogens is 248 g/mol. The van der Waals surface area contributed by atoms with E-state index in [-0.39, 0.29) is 0 Å². The monoisotopic (exact) mass is 282 g/mol. The van der Waals surface area contributed by atoms with E-state index in [1.807, 2.05) is 0 Å². The van der Waals surface area contributed by atoms with Gasteiger partial charge in [-0.3, -0.25) is 0 Å². The average molecular weight is 282 g/mol. The lowest BCUT2D eigenvalue weighted by Gasteiger charge is -1.99. The van der Waals surface area contributed by atoms with Gasteiger partial charge in [-0.05, 0) is 25.7 Å². The van der Waals surface area contributed by atoms with Gasteiger partial charge in [0.05, 0.1) is 24.4 Å². The van der Waals surface area contributed by atoms with Crippen LogP contribution in [0.15, 0.2) is 0 Å². The maximum Gasteiger partial charge on any atom is 0.0841 e. The van der Waals surface area contributed by atoms with Crippen LogP contribution in [0, 0.1) is 0 Å². The van der Waals surface area contributed by atoms with E-state index < -0.39 is 0 Å². The Balaban J connectivity index is 1.32. The number of hydrogen-bond acceptors (Lipinski definition) is 2. The van der Waals surface area contributed by atoms with Crippen LogP contribution in [0.5, 0.6) is 0 Å². The molecule has 118 valence electrons. The quantitative estimate of drug-likeness (QED) is 0.341. The van der Waals surface area contributed by atoms with E-state index in [1.54, 1.807) is 0 Å². The Kier molecular flexibility index (Phi) is 7.37. The van der Waals surface area contributed by atoms with Crippen LogP contribution in [0.4, 0.5) is 0 Å². The third kappa shape index (κ3) is 6.13. The van der Waals surface area contributed by atoms with Crippen LogP contribution < -0.4 is 0 Å². The number of unbranched alkanes of at least 4 members (excludes halogenated alkanes) is 5. The molecule has 0 aliphatic carbocycles. The molecule has 2 aliphatic rings. The van der Waals surface area contributed by atoms with Crippen molar-refractivity contribution in [1.29, 1.82) is 0 Å². The predicted octanol–water partition coefficient (Wildman–Crippen LogP) is 5.24. The summed E-state index contributed by atoms with van der Waals surface area (Å²) in [6.45, 7) is 4.51. The number of ether oxygens (including phenoxy) is 2. The lowest BCUT2D eigenvalue weighted by atomic mass is 10.0. The van der Waals surface area contributed by atoms with Crippen molar-refractivity contribution < 1.29 is 9.47 Å². The first-order valence-corrected chi connectivity index (χ1v) is 9.16. The zero-order valence-electron chi connectivity index (χ0n) is 13.6. The highest BCUT2D eigenvalue weighted by molar-refractivity contribution is 4.85. The van der Waals surface area contributed by atoms with Gasteiger partial charge in [0.25, 0.3) is 0 Å². The molecule has 0 aromatic carbocycles. The van der Waals surface area contributed by atoms with Crippen LogP contribution in [0.3, 0.4) is 0 Å². The summed E-state index contributed by atoms with van der Waals surface area (Å²) in [7, 11) is 0. The van der Waals surface area contributed by atoms with Crippen LogP contribution in [-0.4, -0.2) is 24.4 Å². The molecule has 0 amide bonds. The smallest absolute Gasteiger partial charge is 0.0841 e. The van der Waals surface area contributed by atoms with E-state index in [0.29, 0.717) is 24.4 Å². The second-order valence-corrected chi connectivity index (χ2v) is 6.70. The van der Waals surface area contributed by atoms with Gasteiger partial charge in [0.1, 0.15) is 0 Å². The van der Waals surface area contributed by atoms with Gasteiger partial charge in [-0.1, -0.05) is 65.2 Å². The fourth-order valence-corrected chi connectivity index (χ4v) is 3.30. The summed E-state index contributed by atoms with van der Waals surface area (Å²) < 4.78 is 11.4. The summed E-state index contributed by atoms with van der Waals surface area (Å²) in [5, 5.41) is 0. The van der Waals surface area contributed by atoms with Crippen molar-refractivity contribution in [3.8, 4) is 0 Å². The molecule has 2 heterocycles. The van der Waals surface area contributed by atoms with Crippen molar-refractivity contribution >= 4 is 0 Å². The lowest BCUT2D eigenvalue weighted by molar-refractivity contribution is 0.344. The minimum absolute atomic E-state index is 0.615. The predicted molar refractivity (Wildman–Crippen MR) is 84.1 cm³/mol. The summed E-state index contributed by atoms with van der Waals surface area (Å²) in [5.74, 6) is 0. The van der Waals surface area contributed by atoms with Crippen LogP contribution in [-0.2, 0) is 9.47 Å². The minimum atomic E-state index is 0.615. The Morgan fingerprint density at radius 3 is 1.40 bits per heavy atom. The van der Waals surface area contributed by atoms with E-state index >= 15 is 0 Å². The summed E-state index contributed by atoms with van der Waals surface area (Å²) in [6, 6.07) is 0. The second kappa shape index (κ2) is 9.04. The van der Waals surface area contributed by atoms with Crippen LogP contribution >= 0.6 is 0 Å². The number of epoxide rings is 2. The van der Waals surface area contributed by atoms with E-state index in [2.05, 4.69) is 13.8 Å². The molecule has 0 bridgehead atoms. The molecule has 2 heteroatoms. The summed E-state index contributed by atoms with van der Waals surface area (Å²) in [4.78, 5) is 0. The molecule has 0 radical (unpaired) electrons. The Bertz CT molecular complexity index is 254. The summed E-state index contributed by atoms with van der Waals surface area (Å²) >= 11 is 0. The van der Waals surface area contributed by atoms with Gasteiger partial charge >= 0.3 is 0 Å². The van der Waals surface area contributed by atoms with Gasteiger partial charge in [-0.15, -0.1) is 0 Å². The molecule has 2 saturated heterocycles. The van der Waals surface area contributed by atoms with Gasteiger partial charge < -0.3 is 9.47 Å². The van der Waals surface area contributed by atoms with Crippen LogP contribution in [0.1, 0.15) is 90.9 Å². The maximum atomic E-state index is 5.74. The molecule has 20 heavy (non-hydrogen) atoms. The lowest BCUT2D eigenvalue weighted by Crippen LogP contribution is -1.95. The highest BCUT2D eigenvalue weighted by Gasteiger charge is 2.37. The normalized spacial score (nSPS) is 31.5. The molecule has 4 unspecified atom stereocenters. The molecule has 2 fully saturated rings. The van der Waals surface area contributed by atoms with Gasteiger partial charge in [0.15, 0.2) is 0 Å². The van der Waals surface area contributed by atoms with Crippen molar-refractivity contribution in [2.75, 3.05) is 0 Å². The molecule has 4 atom stereocenters. The van der Waals surface area contributed by atoms with Gasteiger partial charge in [-0.25, -0.2) is 0 Å². The first kappa shape index (κ1) is 16.3. The zero-order valence-corrected chi connectivity index (χ0v) is 13.6. The third-order valence-electron chi connectivity index (χ3n) is 4.77. The van der Waals surface area contributed by atoms with Gasteiger partial charge in [0, 0.05) is 0 Å². The van der Waals surface area contributed by atoms with Gasteiger partial charge in [-0.2, -0.15) is 0 Å². The van der Waals surface area contributed by atoms with Crippen molar-refractivity contribution in [1.82, 2.24) is 0 Å². The molecule has 0 aromatic rings. The number of hydrogen-bond donors (Lipinski definition) is 0. The summed E-state index contributed by atoms with van der Waals surface area (Å²) in [5.41, 5.74) is 0. The van der Waals surface area contributed by atoms with Crippen molar-refractivity contribution in [3.05, 3.63) is 0 Å². The Morgan fingerprint density at radius 2 is 0.950 bits per heavy atom. The van der Waals surface area contributed by atoms with Crippen molar-refractivity contribution in [3.63, 3.8) is 0 Å². The van der Waals surface area contributed by atoms with Crippen LogP contribution in [0.2, 0.25) is 0 Å². The minimum Gasteiger partial charge on any atom is -0.370 e. The molecule has 0 aromatic heterocycles. The SMILES string of the molecule is CCCCCC1OC1CCCCCCC1OC1CCC. The number of rotatable bonds is 13. The first-order chi connectivity index (χ1) is 9.85. The molecule has 0 saturated carbocycles. The molecule has 0 spiro atoms.